The molecule has 0 bridgehead atoms. The highest BCUT2D eigenvalue weighted by molar-refractivity contribution is 7.80. The van der Waals surface area contributed by atoms with E-state index in [9.17, 15) is 8.78 Å². The van der Waals surface area contributed by atoms with Crippen molar-refractivity contribution in [2.45, 2.75) is 6.54 Å². The van der Waals surface area contributed by atoms with Crippen LogP contribution in [-0.4, -0.2) is 26.4 Å². The van der Waals surface area contributed by atoms with Gasteiger partial charge in [0.25, 0.3) is 0 Å². The van der Waals surface area contributed by atoms with Crippen LogP contribution in [0.25, 0.3) is 0 Å². The van der Waals surface area contributed by atoms with Gasteiger partial charge in [-0.15, -0.1) is 0 Å². The lowest BCUT2D eigenvalue weighted by atomic mass is 10.1. The molecule has 0 aliphatic carbocycles. The van der Waals surface area contributed by atoms with Gasteiger partial charge < -0.3 is 24.8 Å². The number of ether oxygens (including phenoxy) is 3. The first kappa shape index (κ1) is 18.7. The van der Waals surface area contributed by atoms with Crippen molar-refractivity contribution in [3.8, 4) is 17.2 Å². The van der Waals surface area contributed by atoms with Crippen molar-refractivity contribution in [1.82, 2.24) is 5.32 Å². The van der Waals surface area contributed by atoms with E-state index in [4.69, 9.17) is 26.4 Å². The molecule has 2 rings (SSSR count). The number of hydrogen-bond acceptors (Lipinski definition) is 4. The summed E-state index contributed by atoms with van der Waals surface area (Å²) >= 11 is 5.17. The Hall–Kier alpha value is -2.61. The Labute approximate surface area is 149 Å². The number of thiocarbonyl (C=S) groups is 1. The maximum Gasteiger partial charge on any atom is 0.203 e. The first-order chi connectivity index (χ1) is 12.0. The van der Waals surface area contributed by atoms with Crippen molar-refractivity contribution in [2.24, 2.45) is 0 Å². The first-order valence-corrected chi connectivity index (χ1v) is 7.68. The van der Waals surface area contributed by atoms with Gasteiger partial charge in [-0.3, -0.25) is 0 Å². The molecule has 0 saturated heterocycles. The molecule has 2 N–H and O–H groups in total. The molecular weight excluding hydrogens is 350 g/mol. The predicted octanol–water partition coefficient (Wildman–Crippen LogP) is 3.48. The van der Waals surface area contributed by atoms with Gasteiger partial charge in [-0.2, -0.15) is 0 Å². The lowest BCUT2D eigenvalue weighted by Gasteiger charge is -2.17. The standard InChI is InChI=1S/C17H18F2N2O3S/c1-22-14-7-4-10(15(23-2)16(14)24-3)9-20-17(25)21-11-5-6-12(18)13(19)8-11/h4-8H,9H2,1-3H3,(H2,20,21,25). The average molecular weight is 368 g/mol. The van der Waals surface area contributed by atoms with E-state index in [1.54, 1.807) is 6.07 Å². The molecule has 0 fully saturated rings. The minimum Gasteiger partial charge on any atom is -0.493 e. The fourth-order valence-electron chi connectivity index (χ4n) is 2.23. The normalized spacial score (nSPS) is 10.1. The number of nitrogens with one attached hydrogen (secondary N) is 2. The second-order valence-electron chi connectivity index (χ2n) is 4.93. The van der Waals surface area contributed by atoms with Gasteiger partial charge in [0.15, 0.2) is 28.2 Å². The molecule has 0 heterocycles. The Morgan fingerprint density at radius 2 is 1.68 bits per heavy atom. The summed E-state index contributed by atoms with van der Waals surface area (Å²) in [6.45, 7) is 0.332. The first-order valence-electron chi connectivity index (χ1n) is 7.28. The number of methoxy groups -OCH3 is 3. The summed E-state index contributed by atoms with van der Waals surface area (Å²) in [7, 11) is 4.58. The van der Waals surface area contributed by atoms with Gasteiger partial charge in [-0.1, -0.05) is 0 Å². The molecule has 0 atom stereocenters. The predicted molar refractivity (Wildman–Crippen MR) is 95.5 cm³/mol. The Kier molecular flexibility index (Phi) is 6.35. The number of rotatable bonds is 6. The van der Waals surface area contributed by atoms with Crippen LogP contribution in [0.3, 0.4) is 0 Å². The Morgan fingerprint density at radius 3 is 2.28 bits per heavy atom. The summed E-state index contributed by atoms with van der Waals surface area (Å²) in [5.74, 6) is -0.326. The smallest absolute Gasteiger partial charge is 0.203 e. The third-order valence-corrected chi connectivity index (χ3v) is 3.65. The van der Waals surface area contributed by atoms with Crippen LogP contribution >= 0.6 is 12.2 Å². The van der Waals surface area contributed by atoms with Gasteiger partial charge in [0.1, 0.15) is 0 Å². The highest BCUT2D eigenvalue weighted by atomic mass is 32.1. The second kappa shape index (κ2) is 8.48. The van der Waals surface area contributed by atoms with E-state index in [1.807, 2.05) is 6.07 Å². The molecule has 0 unspecified atom stereocenters. The van der Waals surface area contributed by atoms with Gasteiger partial charge in [-0.25, -0.2) is 8.78 Å². The lowest BCUT2D eigenvalue weighted by molar-refractivity contribution is 0.322. The molecule has 0 aliphatic heterocycles. The molecule has 25 heavy (non-hydrogen) atoms. The minimum atomic E-state index is -0.950. The molecule has 0 amide bonds. The molecule has 2 aromatic rings. The molecule has 8 heteroatoms. The largest absolute Gasteiger partial charge is 0.493 e. The van der Waals surface area contributed by atoms with Gasteiger partial charge in [0.2, 0.25) is 5.75 Å². The van der Waals surface area contributed by atoms with E-state index < -0.39 is 11.6 Å². The monoisotopic (exact) mass is 368 g/mol. The summed E-state index contributed by atoms with van der Waals surface area (Å²) in [5.41, 5.74) is 1.13. The van der Waals surface area contributed by atoms with Crippen LogP contribution < -0.4 is 24.8 Å². The van der Waals surface area contributed by atoms with Gasteiger partial charge in [-0.05, 0) is 36.5 Å². The second-order valence-corrected chi connectivity index (χ2v) is 5.34. The molecular formula is C17H18F2N2O3S. The number of halogens is 2. The topological polar surface area (TPSA) is 51.8 Å². The fraction of sp³-hybridized carbons (Fsp3) is 0.235. The highest BCUT2D eigenvalue weighted by Crippen LogP contribution is 2.39. The van der Waals surface area contributed by atoms with Crippen LogP contribution in [0.5, 0.6) is 17.2 Å². The lowest BCUT2D eigenvalue weighted by Crippen LogP contribution is -2.28. The number of anilines is 1. The molecule has 0 radical (unpaired) electrons. The van der Waals surface area contributed by atoms with E-state index >= 15 is 0 Å². The SMILES string of the molecule is COc1ccc(CNC(=S)Nc2ccc(F)c(F)c2)c(OC)c1OC. The van der Waals surface area contributed by atoms with Crippen LogP contribution in [0.4, 0.5) is 14.5 Å². The third kappa shape index (κ3) is 4.48. The molecule has 0 saturated carbocycles. The fourth-order valence-corrected chi connectivity index (χ4v) is 2.42. The maximum absolute atomic E-state index is 13.2. The summed E-state index contributed by atoms with van der Waals surface area (Å²) < 4.78 is 42.1. The Balaban J connectivity index is 2.07. The van der Waals surface area contributed by atoms with Crippen LogP contribution in [0.1, 0.15) is 5.56 Å². The number of benzene rings is 2. The Morgan fingerprint density at radius 1 is 0.960 bits per heavy atom. The summed E-state index contributed by atoms with van der Waals surface area (Å²) in [4.78, 5) is 0. The van der Waals surface area contributed by atoms with Crippen LogP contribution in [-0.2, 0) is 6.54 Å². The van der Waals surface area contributed by atoms with Crippen molar-refractivity contribution in [2.75, 3.05) is 26.6 Å². The van der Waals surface area contributed by atoms with E-state index in [-0.39, 0.29) is 5.11 Å². The van der Waals surface area contributed by atoms with Crippen molar-refractivity contribution in [3.05, 3.63) is 47.5 Å². The summed E-state index contributed by atoms with van der Waals surface area (Å²) in [6.07, 6.45) is 0. The van der Waals surface area contributed by atoms with Gasteiger partial charge in [0.05, 0.1) is 21.3 Å². The summed E-state index contributed by atoms with van der Waals surface area (Å²) in [6, 6.07) is 7.01. The van der Waals surface area contributed by atoms with Gasteiger partial charge >= 0.3 is 0 Å². The van der Waals surface area contributed by atoms with Crippen molar-refractivity contribution < 1.29 is 23.0 Å². The molecule has 0 aromatic heterocycles. The molecule has 0 aliphatic rings. The van der Waals surface area contributed by atoms with E-state index in [0.29, 0.717) is 29.5 Å². The van der Waals surface area contributed by atoms with E-state index in [2.05, 4.69) is 10.6 Å². The Bertz CT molecular complexity index is 772. The van der Waals surface area contributed by atoms with E-state index in [1.165, 1.54) is 27.4 Å². The average Bonchev–Trinajstić information content (AvgIpc) is 2.61. The third-order valence-electron chi connectivity index (χ3n) is 3.40. The van der Waals surface area contributed by atoms with Crippen LogP contribution in [0.15, 0.2) is 30.3 Å². The van der Waals surface area contributed by atoms with Crippen molar-refractivity contribution in [3.63, 3.8) is 0 Å². The van der Waals surface area contributed by atoms with Crippen LogP contribution in [0, 0.1) is 11.6 Å². The molecule has 2 aromatic carbocycles. The van der Waals surface area contributed by atoms with Crippen LogP contribution in [0.2, 0.25) is 0 Å². The molecule has 0 spiro atoms. The zero-order chi connectivity index (χ0) is 18.4. The van der Waals surface area contributed by atoms with Crippen molar-refractivity contribution in [1.29, 1.82) is 0 Å². The zero-order valence-electron chi connectivity index (χ0n) is 14.0. The molecule has 134 valence electrons. The zero-order valence-corrected chi connectivity index (χ0v) is 14.8. The van der Waals surface area contributed by atoms with E-state index in [0.717, 1.165) is 17.7 Å². The minimum absolute atomic E-state index is 0.253. The quantitative estimate of drug-likeness (QED) is 0.762. The maximum atomic E-state index is 13.2. The number of hydrogen-bond donors (Lipinski definition) is 2. The van der Waals surface area contributed by atoms with Gasteiger partial charge in [0, 0.05) is 23.9 Å². The van der Waals surface area contributed by atoms with Crippen molar-refractivity contribution >= 4 is 23.0 Å². The molecule has 5 nitrogen and oxygen atoms in total. The summed E-state index contributed by atoms with van der Waals surface area (Å²) in [5, 5.41) is 6.01. The highest BCUT2D eigenvalue weighted by Gasteiger charge is 2.15.